The molecule has 1 aliphatic rings. The standard InChI is InChI=1S/C16H15NO/c18-15-11-16(13-7-3-1-4-8-13)17(12-15)14-9-5-2-6-10-14/h1-10,16H,11-12H2/t16-/m1/s1. The fraction of sp³-hybridized carbons (Fsp3) is 0.188. The van der Waals surface area contributed by atoms with Gasteiger partial charge in [0, 0.05) is 12.1 Å². The largest absolute Gasteiger partial charge is 0.357 e. The van der Waals surface area contributed by atoms with Gasteiger partial charge in [0.1, 0.15) is 0 Å². The van der Waals surface area contributed by atoms with Gasteiger partial charge >= 0.3 is 0 Å². The Labute approximate surface area is 107 Å². The second-order valence-corrected chi connectivity index (χ2v) is 4.63. The van der Waals surface area contributed by atoms with Crippen molar-refractivity contribution in [2.24, 2.45) is 0 Å². The Hall–Kier alpha value is -2.09. The summed E-state index contributed by atoms with van der Waals surface area (Å²) < 4.78 is 0. The van der Waals surface area contributed by atoms with Crippen LogP contribution in [0.4, 0.5) is 5.69 Å². The molecule has 1 atom stereocenters. The monoisotopic (exact) mass is 237 g/mol. The Kier molecular flexibility index (Phi) is 2.85. The average Bonchev–Trinajstić information content (AvgIpc) is 2.83. The number of hydrogen-bond donors (Lipinski definition) is 0. The summed E-state index contributed by atoms with van der Waals surface area (Å²) in [5.74, 6) is 0.313. The van der Waals surface area contributed by atoms with Crippen molar-refractivity contribution in [2.75, 3.05) is 11.4 Å². The van der Waals surface area contributed by atoms with E-state index >= 15 is 0 Å². The molecule has 0 aromatic heterocycles. The summed E-state index contributed by atoms with van der Waals surface area (Å²) in [5, 5.41) is 0. The van der Waals surface area contributed by atoms with Crippen molar-refractivity contribution in [1.82, 2.24) is 0 Å². The first-order chi connectivity index (χ1) is 8.84. The normalized spacial score (nSPS) is 19.2. The van der Waals surface area contributed by atoms with Crippen molar-refractivity contribution in [3.63, 3.8) is 0 Å². The maximum Gasteiger partial charge on any atom is 0.154 e. The van der Waals surface area contributed by atoms with E-state index < -0.39 is 0 Å². The zero-order chi connectivity index (χ0) is 12.4. The fourth-order valence-electron chi connectivity index (χ4n) is 2.55. The highest BCUT2D eigenvalue weighted by Gasteiger charge is 2.31. The van der Waals surface area contributed by atoms with Gasteiger partial charge < -0.3 is 4.90 Å². The predicted molar refractivity (Wildman–Crippen MR) is 72.6 cm³/mol. The summed E-state index contributed by atoms with van der Waals surface area (Å²) in [7, 11) is 0. The topological polar surface area (TPSA) is 20.3 Å². The van der Waals surface area contributed by atoms with Crippen LogP contribution in [0.5, 0.6) is 0 Å². The van der Waals surface area contributed by atoms with Gasteiger partial charge in [0.25, 0.3) is 0 Å². The molecule has 0 N–H and O–H groups in total. The molecule has 2 aromatic rings. The maximum absolute atomic E-state index is 11.8. The number of Topliss-reactive ketones (excluding diaryl/α,β-unsaturated/α-hetero) is 1. The van der Waals surface area contributed by atoms with E-state index in [9.17, 15) is 4.79 Å². The molecule has 0 bridgehead atoms. The van der Waals surface area contributed by atoms with E-state index in [4.69, 9.17) is 0 Å². The summed E-state index contributed by atoms with van der Waals surface area (Å²) >= 11 is 0. The van der Waals surface area contributed by atoms with Crippen molar-refractivity contribution < 1.29 is 4.79 Å². The van der Waals surface area contributed by atoms with Gasteiger partial charge in [0.15, 0.2) is 5.78 Å². The molecule has 1 heterocycles. The molecule has 2 aromatic carbocycles. The van der Waals surface area contributed by atoms with Gasteiger partial charge in [0.2, 0.25) is 0 Å². The van der Waals surface area contributed by atoms with Crippen LogP contribution in [0.2, 0.25) is 0 Å². The van der Waals surface area contributed by atoms with Crippen molar-refractivity contribution in [3.05, 3.63) is 66.2 Å². The van der Waals surface area contributed by atoms with Gasteiger partial charge in [-0.05, 0) is 17.7 Å². The minimum atomic E-state index is 0.182. The molecule has 3 rings (SSSR count). The van der Waals surface area contributed by atoms with Crippen LogP contribution in [0, 0.1) is 0 Å². The number of anilines is 1. The van der Waals surface area contributed by atoms with Crippen molar-refractivity contribution >= 4 is 11.5 Å². The number of hydrogen-bond acceptors (Lipinski definition) is 2. The Bertz CT molecular complexity index is 486. The van der Waals surface area contributed by atoms with Crippen LogP contribution in [-0.2, 0) is 4.79 Å². The van der Waals surface area contributed by atoms with E-state index in [0.717, 1.165) is 5.69 Å². The van der Waals surface area contributed by atoms with Crippen LogP contribution >= 0.6 is 0 Å². The van der Waals surface area contributed by atoms with Crippen LogP contribution < -0.4 is 4.90 Å². The molecule has 90 valence electrons. The van der Waals surface area contributed by atoms with Crippen molar-refractivity contribution in [1.29, 1.82) is 0 Å². The number of benzene rings is 2. The Balaban J connectivity index is 1.96. The molecule has 1 aliphatic heterocycles. The number of nitrogens with zero attached hydrogens (tertiary/aromatic N) is 1. The zero-order valence-corrected chi connectivity index (χ0v) is 10.1. The molecule has 0 amide bonds. The van der Waals surface area contributed by atoms with E-state index in [1.165, 1.54) is 5.56 Å². The molecular formula is C16H15NO. The summed E-state index contributed by atoms with van der Waals surface area (Å²) in [6, 6.07) is 20.6. The van der Waals surface area contributed by atoms with E-state index in [1.807, 2.05) is 36.4 Å². The SMILES string of the molecule is O=C1C[C@H](c2ccccc2)N(c2ccccc2)C1. The molecule has 0 unspecified atom stereocenters. The van der Waals surface area contributed by atoms with E-state index in [2.05, 4.69) is 29.2 Å². The molecule has 0 saturated carbocycles. The highest BCUT2D eigenvalue weighted by molar-refractivity contribution is 5.88. The van der Waals surface area contributed by atoms with Crippen LogP contribution in [0.15, 0.2) is 60.7 Å². The lowest BCUT2D eigenvalue weighted by atomic mass is 10.0. The summed E-state index contributed by atoms with van der Waals surface area (Å²) in [4.78, 5) is 14.0. The first kappa shape index (κ1) is 11.0. The van der Waals surface area contributed by atoms with E-state index in [1.54, 1.807) is 0 Å². The lowest BCUT2D eigenvalue weighted by Crippen LogP contribution is -2.23. The highest BCUT2D eigenvalue weighted by atomic mass is 16.1. The van der Waals surface area contributed by atoms with Crippen LogP contribution in [0.1, 0.15) is 18.0 Å². The fourth-order valence-corrected chi connectivity index (χ4v) is 2.55. The minimum Gasteiger partial charge on any atom is -0.357 e. The Morgan fingerprint density at radius 3 is 2.17 bits per heavy atom. The predicted octanol–water partition coefficient (Wildman–Crippen LogP) is 3.21. The first-order valence-corrected chi connectivity index (χ1v) is 6.23. The van der Waals surface area contributed by atoms with Gasteiger partial charge in [-0.2, -0.15) is 0 Å². The molecule has 0 radical (unpaired) electrons. The molecule has 2 nitrogen and oxygen atoms in total. The third kappa shape index (κ3) is 2.02. The van der Waals surface area contributed by atoms with Gasteiger partial charge in [0.05, 0.1) is 12.6 Å². The van der Waals surface area contributed by atoms with Gasteiger partial charge in [-0.15, -0.1) is 0 Å². The first-order valence-electron chi connectivity index (χ1n) is 6.23. The number of carbonyl (C=O) groups excluding carboxylic acids is 1. The van der Waals surface area contributed by atoms with Gasteiger partial charge in [-0.25, -0.2) is 0 Å². The zero-order valence-electron chi connectivity index (χ0n) is 10.1. The molecule has 0 spiro atoms. The van der Waals surface area contributed by atoms with E-state index in [-0.39, 0.29) is 6.04 Å². The van der Waals surface area contributed by atoms with Gasteiger partial charge in [-0.1, -0.05) is 48.5 Å². The molecule has 1 fully saturated rings. The Morgan fingerprint density at radius 2 is 1.50 bits per heavy atom. The minimum absolute atomic E-state index is 0.182. The second kappa shape index (κ2) is 4.65. The smallest absolute Gasteiger partial charge is 0.154 e. The summed E-state index contributed by atoms with van der Waals surface area (Å²) in [6.45, 7) is 0.517. The summed E-state index contributed by atoms with van der Waals surface area (Å²) in [6.07, 6.45) is 0.610. The molecular weight excluding hydrogens is 222 g/mol. The molecule has 2 heteroatoms. The highest BCUT2D eigenvalue weighted by Crippen LogP contribution is 2.34. The third-order valence-corrected chi connectivity index (χ3v) is 3.42. The molecule has 0 aliphatic carbocycles. The van der Waals surface area contributed by atoms with Crippen LogP contribution in [0.3, 0.4) is 0 Å². The maximum atomic E-state index is 11.8. The number of rotatable bonds is 2. The Morgan fingerprint density at radius 1 is 0.889 bits per heavy atom. The quantitative estimate of drug-likeness (QED) is 0.799. The van der Waals surface area contributed by atoms with Crippen LogP contribution in [0.25, 0.3) is 0 Å². The number of ketones is 1. The lowest BCUT2D eigenvalue weighted by Gasteiger charge is -2.26. The molecule has 1 saturated heterocycles. The van der Waals surface area contributed by atoms with Crippen molar-refractivity contribution in [2.45, 2.75) is 12.5 Å². The molecule has 18 heavy (non-hydrogen) atoms. The number of para-hydroxylation sites is 1. The summed E-state index contributed by atoms with van der Waals surface area (Å²) in [5.41, 5.74) is 2.34. The average molecular weight is 237 g/mol. The van der Waals surface area contributed by atoms with Crippen LogP contribution in [-0.4, -0.2) is 12.3 Å². The number of carbonyl (C=O) groups is 1. The van der Waals surface area contributed by atoms with Gasteiger partial charge in [-0.3, -0.25) is 4.79 Å². The third-order valence-electron chi connectivity index (χ3n) is 3.42. The van der Waals surface area contributed by atoms with Crippen molar-refractivity contribution in [3.8, 4) is 0 Å². The lowest BCUT2D eigenvalue weighted by molar-refractivity contribution is -0.116. The van der Waals surface area contributed by atoms with E-state index in [0.29, 0.717) is 18.7 Å². The second-order valence-electron chi connectivity index (χ2n) is 4.63.